The van der Waals surface area contributed by atoms with Crippen molar-refractivity contribution < 1.29 is 9.90 Å². The number of hydrogen-bond donors (Lipinski definition) is 1. The Labute approximate surface area is 77.2 Å². The number of carboxylic acids is 1. The number of aliphatic carboxylic acids is 1. The van der Waals surface area contributed by atoms with E-state index in [0.717, 1.165) is 12.8 Å². The highest BCUT2D eigenvalue weighted by molar-refractivity contribution is 5.73. The predicted octanol–water partition coefficient (Wildman–Crippen LogP) is 1.95. The van der Waals surface area contributed by atoms with Crippen LogP contribution < -0.4 is 0 Å². The first kappa shape index (κ1) is 8.30. The van der Waals surface area contributed by atoms with Gasteiger partial charge in [0.15, 0.2) is 0 Å². The molecule has 1 aromatic carbocycles. The highest BCUT2D eigenvalue weighted by Gasteiger charge is 2.42. The van der Waals surface area contributed by atoms with E-state index in [-0.39, 0.29) is 5.92 Å². The van der Waals surface area contributed by atoms with Gasteiger partial charge in [-0.05, 0) is 24.3 Å². The SMILES string of the molecule is O=C(O)[C@@H]1C[C@@H]1Cc1ccccc1. The lowest BCUT2D eigenvalue weighted by molar-refractivity contribution is -0.138. The molecule has 2 rings (SSSR count). The standard InChI is InChI=1S/C11H12O2/c12-11(13)10-7-9(10)6-8-4-2-1-3-5-8/h1-5,9-10H,6-7H2,(H,12,13)/t9-,10+/m0/s1. The average Bonchev–Trinajstić information content (AvgIpc) is 2.86. The predicted molar refractivity (Wildman–Crippen MR) is 49.4 cm³/mol. The zero-order valence-corrected chi connectivity index (χ0v) is 7.31. The number of carboxylic acid groups (broad SMARTS) is 1. The summed E-state index contributed by atoms with van der Waals surface area (Å²) in [5.41, 5.74) is 1.25. The highest BCUT2D eigenvalue weighted by Crippen LogP contribution is 2.40. The van der Waals surface area contributed by atoms with Gasteiger partial charge in [-0.1, -0.05) is 30.3 Å². The van der Waals surface area contributed by atoms with Crippen LogP contribution in [0.5, 0.6) is 0 Å². The van der Waals surface area contributed by atoms with Crippen LogP contribution in [0.1, 0.15) is 12.0 Å². The number of hydrogen-bond acceptors (Lipinski definition) is 1. The summed E-state index contributed by atoms with van der Waals surface area (Å²) in [6.45, 7) is 0. The molecule has 0 spiro atoms. The summed E-state index contributed by atoms with van der Waals surface area (Å²) in [7, 11) is 0. The van der Waals surface area contributed by atoms with E-state index in [1.165, 1.54) is 5.56 Å². The first-order chi connectivity index (χ1) is 6.27. The molecule has 0 aliphatic heterocycles. The van der Waals surface area contributed by atoms with Crippen LogP contribution in [0.4, 0.5) is 0 Å². The van der Waals surface area contributed by atoms with E-state index in [2.05, 4.69) is 12.1 Å². The molecule has 2 heteroatoms. The van der Waals surface area contributed by atoms with Gasteiger partial charge in [0.1, 0.15) is 0 Å². The van der Waals surface area contributed by atoms with E-state index in [0.29, 0.717) is 5.92 Å². The summed E-state index contributed by atoms with van der Waals surface area (Å²) in [4.78, 5) is 10.6. The molecule has 2 nitrogen and oxygen atoms in total. The van der Waals surface area contributed by atoms with Crippen molar-refractivity contribution in [2.24, 2.45) is 11.8 Å². The van der Waals surface area contributed by atoms with Gasteiger partial charge in [0.25, 0.3) is 0 Å². The minimum atomic E-state index is -0.638. The van der Waals surface area contributed by atoms with Gasteiger partial charge < -0.3 is 5.11 Å². The second-order valence-corrected chi connectivity index (χ2v) is 3.63. The zero-order valence-electron chi connectivity index (χ0n) is 7.31. The van der Waals surface area contributed by atoms with Crippen LogP contribution in [-0.2, 0) is 11.2 Å². The Bertz CT molecular complexity index is 305. The van der Waals surface area contributed by atoms with Crippen LogP contribution in [0.15, 0.2) is 30.3 Å². The van der Waals surface area contributed by atoms with E-state index >= 15 is 0 Å². The van der Waals surface area contributed by atoms with Gasteiger partial charge in [0.05, 0.1) is 5.92 Å². The Morgan fingerprint density at radius 2 is 2.08 bits per heavy atom. The van der Waals surface area contributed by atoms with Gasteiger partial charge in [-0.2, -0.15) is 0 Å². The minimum Gasteiger partial charge on any atom is -0.481 e. The van der Waals surface area contributed by atoms with Gasteiger partial charge in [0, 0.05) is 0 Å². The molecule has 0 heterocycles. The largest absolute Gasteiger partial charge is 0.481 e. The van der Waals surface area contributed by atoms with Gasteiger partial charge in [-0.15, -0.1) is 0 Å². The Balaban J connectivity index is 1.92. The third kappa shape index (κ3) is 1.89. The van der Waals surface area contributed by atoms with E-state index in [1.54, 1.807) is 0 Å². The molecule has 1 fully saturated rings. The average molecular weight is 176 g/mol. The van der Waals surface area contributed by atoms with E-state index < -0.39 is 5.97 Å². The molecule has 1 aliphatic rings. The van der Waals surface area contributed by atoms with Gasteiger partial charge >= 0.3 is 5.97 Å². The van der Waals surface area contributed by atoms with Crippen molar-refractivity contribution in [1.82, 2.24) is 0 Å². The van der Waals surface area contributed by atoms with Crippen LogP contribution in [0, 0.1) is 11.8 Å². The molecule has 1 aliphatic carbocycles. The maximum absolute atomic E-state index is 10.6. The molecule has 0 radical (unpaired) electrons. The van der Waals surface area contributed by atoms with Gasteiger partial charge in [0.2, 0.25) is 0 Å². The summed E-state index contributed by atoms with van der Waals surface area (Å²) in [6.07, 6.45) is 1.77. The number of benzene rings is 1. The first-order valence-electron chi connectivity index (χ1n) is 4.54. The lowest BCUT2D eigenvalue weighted by Gasteiger charge is -1.97. The van der Waals surface area contributed by atoms with Crippen molar-refractivity contribution >= 4 is 5.97 Å². The van der Waals surface area contributed by atoms with Crippen LogP contribution in [0.3, 0.4) is 0 Å². The molecular formula is C11H12O2. The summed E-state index contributed by atoms with van der Waals surface area (Å²) in [5, 5.41) is 8.70. The molecule has 13 heavy (non-hydrogen) atoms. The Morgan fingerprint density at radius 3 is 2.62 bits per heavy atom. The summed E-state index contributed by atoms with van der Waals surface area (Å²) in [5.74, 6) is -0.346. The van der Waals surface area contributed by atoms with Crippen LogP contribution >= 0.6 is 0 Å². The Morgan fingerprint density at radius 1 is 1.38 bits per heavy atom. The van der Waals surface area contributed by atoms with Crippen LogP contribution in [0.2, 0.25) is 0 Å². The smallest absolute Gasteiger partial charge is 0.306 e. The van der Waals surface area contributed by atoms with Crippen molar-refractivity contribution in [1.29, 1.82) is 0 Å². The topological polar surface area (TPSA) is 37.3 Å². The molecule has 1 saturated carbocycles. The lowest BCUT2D eigenvalue weighted by Crippen LogP contribution is -2.00. The maximum atomic E-state index is 10.6. The van der Waals surface area contributed by atoms with Crippen molar-refractivity contribution in [2.75, 3.05) is 0 Å². The molecule has 0 bridgehead atoms. The third-order valence-corrected chi connectivity index (χ3v) is 2.58. The quantitative estimate of drug-likeness (QED) is 0.764. The molecule has 1 aromatic rings. The lowest BCUT2D eigenvalue weighted by atomic mass is 10.1. The van der Waals surface area contributed by atoms with E-state index in [9.17, 15) is 4.79 Å². The summed E-state index contributed by atoms with van der Waals surface area (Å²) >= 11 is 0. The second kappa shape index (κ2) is 3.21. The second-order valence-electron chi connectivity index (χ2n) is 3.63. The van der Waals surface area contributed by atoms with Crippen LogP contribution in [-0.4, -0.2) is 11.1 Å². The van der Waals surface area contributed by atoms with Crippen molar-refractivity contribution in [3.63, 3.8) is 0 Å². The molecule has 0 saturated heterocycles. The van der Waals surface area contributed by atoms with E-state index in [4.69, 9.17) is 5.11 Å². The Hall–Kier alpha value is -1.31. The van der Waals surface area contributed by atoms with Gasteiger partial charge in [-0.3, -0.25) is 4.79 Å². The Kier molecular flexibility index (Phi) is 2.05. The highest BCUT2D eigenvalue weighted by atomic mass is 16.4. The molecule has 68 valence electrons. The molecule has 0 aromatic heterocycles. The van der Waals surface area contributed by atoms with Gasteiger partial charge in [-0.25, -0.2) is 0 Å². The summed E-state index contributed by atoms with van der Waals surface area (Å²) < 4.78 is 0. The van der Waals surface area contributed by atoms with Crippen molar-refractivity contribution in [3.8, 4) is 0 Å². The zero-order chi connectivity index (χ0) is 9.26. The molecule has 1 N–H and O–H groups in total. The fourth-order valence-electron chi connectivity index (χ4n) is 1.69. The minimum absolute atomic E-state index is 0.0831. The maximum Gasteiger partial charge on any atom is 0.306 e. The molecule has 0 amide bonds. The number of carbonyl (C=O) groups is 1. The third-order valence-electron chi connectivity index (χ3n) is 2.58. The van der Waals surface area contributed by atoms with Crippen LogP contribution in [0.25, 0.3) is 0 Å². The van der Waals surface area contributed by atoms with E-state index in [1.807, 2.05) is 18.2 Å². The molecular weight excluding hydrogens is 164 g/mol. The fourth-order valence-corrected chi connectivity index (χ4v) is 1.69. The first-order valence-corrected chi connectivity index (χ1v) is 4.54. The number of rotatable bonds is 3. The normalized spacial score (nSPS) is 25.5. The fraction of sp³-hybridized carbons (Fsp3) is 0.364. The summed E-state index contributed by atoms with van der Waals surface area (Å²) in [6, 6.07) is 10.1. The molecule has 0 unspecified atom stereocenters. The molecule has 2 atom stereocenters. The van der Waals surface area contributed by atoms with Crippen molar-refractivity contribution in [2.45, 2.75) is 12.8 Å². The van der Waals surface area contributed by atoms with Crippen molar-refractivity contribution in [3.05, 3.63) is 35.9 Å². The monoisotopic (exact) mass is 176 g/mol.